The van der Waals surface area contributed by atoms with Crippen molar-refractivity contribution < 1.29 is 14.6 Å². The Balaban J connectivity index is 2.39. The molecular formula is C13H16O3. The molecule has 1 aromatic rings. The van der Waals surface area contributed by atoms with Gasteiger partial charge in [0.05, 0.1) is 12.5 Å². The van der Waals surface area contributed by atoms with Crippen molar-refractivity contribution in [3.8, 4) is 5.75 Å². The van der Waals surface area contributed by atoms with E-state index in [9.17, 15) is 9.90 Å². The minimum Gasteiger partial charge on any atom is -0.497 e. The molecule has 0 amide bonds. The van der Waals surface area contributed by atoms with Crippen molar-refractivity contribution in [1.82, 2.24) is 0 Å². The van der Waals surface area contributed by atoms with Gasteiger partial charge in [0.1, 0.15) is 5.75 Å². The fourth-order valence-electron chi connectivity index (χ4n) is 2.48. The van der Waals surface area contributed by atoms with Gasteiger partial charge in [-0.15, -0.1) is 0 Å². The van der Waals surface area contributed by atoms with Gasteiger partial charge in [-0.3, -0.25) is 4.79 Å². The average Bonchev–Trinajstić information content (AvgIpc) is 2.84. The van der Waals surface area contributed by atoms with E-state index in [4.69, 9.17) is 4.74 Å². The first kappa shape index (κ1) is 11.0. The number of methoxy groups -OCH3 is 1. The summed E-state index contributed by atoms with van der Waals surface area (Å²) in [5.41, 5.74) is -0.00188. The van der Waals surface area contributed by atoms with Crippen molar-refractivity contribution >= 4 is 5.97 Å². The quantitative estimate of drug-likeness (QED) is 0.851. The van der Waals surface area contributed by atoms with Gasteiger partial charge in [-0.2, -0.15) is 0 Å². The Morgan fingerprint density at radius 3 is 2.12 bits per heavy atom. The average molecular weight is 220 g/mol. The molecule has 1 aliphatic carbocycles. The van der Waals surface area contributed by atoms with E-state index in [1.54, 1.807) is 7.11 Å². The highest BCUT2D eigenvalue weighted by atomic mass is 16.5. The van der Waals surface area contributed by atoms with E-state index >= 15 is 0 Å². The second kappa shape index (κ2) is 3.24. The SMILES string of the molecule is COc1ccc([C@@]2(C(=O)O)CC2(C)C)cc1. The molecule has 0 aromatic heterocycles. The molecule has 1 fully saturated rings. The van der Waals surface area contributed by atoms with E-state index in [-0.39, 0.29) is 5.41 Å². The van der Waals surface area contributed by atoms with Crippen LogP contribution in [-0.2, 0) is 10.2 Å². The lowest BCUT2D eigenvalue weighted by Gasteiger charge is -2.16. The lowest BCUT2D eigenvalue weighted by Crippen LogP contribution is -2.25. The van der Waals surface area contributed by atoms with Crippen molar-refractivity contribution in [2.24, 2.45) is 5.41 Å². The summed E-state index contributed by atoms with van der Waals surface area (Å²) in [5, 5.41) is 9.39. The van der Waals surface area contributed by atoms with Gasteiger partial charge >= 0.3 is 5.97 Å². The Labute approximate surface area is 95.0 Å². The monoisotopic (exact) mass is 220 g/mol. The predicted molar refractivity (Wildman–Crippen MR) is 60.7 cm³/mol. The first-order valence-electron chi connectivity index (χ1n) is 5.32. The van der Waals surface area contributed by atoms with Gasteiger partial charge in [-0.05, 0) is 29.5 Å². The van der Waals surface area contributed by atoms with Gasteiger partial charge in [0.2, 0.25) is 0 Å². The fraction of sp³-hybridized carbons (Fsp3) is 0.462. The smallest absolute Gasteiger partial charge is 0.314 e. The lowest BCUT2D eigenvalue weighted by molar-refractivity contribution is -0.141. The number of hydrogen-bond donors (Lipinski definition) is 1. The summed E-state index contributed by atoms with van der Waals surface area (Å²) in [5.74, 6) is 0.0189. The molecule has 0 aliphatic heterocycles. The number of aliphatic carboxylic acids is 1. The minimum absolute atomic E-state index is 0.159. The number of ether oxygens (including phenoxy) is 1. The molecule has 0 radical (unpaired) electrons. The van der Waals surface area contributed by atoms with Crippen LogP contribution in [0.4, 0.5) is 0 Å². The maximum absolute atomic E-state index is 11.4. The number of hydrogen-bond acceptors (Lipinski definition) is 2. The van der Waals surface area contributed by atoms with Crippen LogP contribution in [0.5, 0.6) is 5.75 Å². The normalized spacial score (nSPS) is 26.2. The molecule has 0 heterocycles. The van der Waals surface area contributed by atoms with Gasteiger partial charge in [0, 0.05) is 0 Å². The summed E-state index contributed by atoms with van der Waals surface area (Å²) in [4.78, 5) is 11.4. The molecule has 3 nitrogen and oxygen atoms in total. The molecule has 86 valence electrons. The van der Waals surface area contributed by atoms with E-state index < -0.39 is 11.4 Å². The Morgan fingerprint density at radius 1 is 1.31 bits per heavy atom. The molecule has 0 bridgehead atoms. The first-order valence-corrected chi connectivity index (χ1v) is 5.32. The van der Waals surface area contributed by atoms with Crippen LogP contribution in [0, 0.1) is 5.41 Å². The maximum Gasteiger partial charge on any atom is 0.314 e. The van der Waals surface area contributed by atoms with Crippen molar-refractivity contribution in [1.29, 1.82) is 0 Å². The molecule has 1 saturated carbocycles. The van der Waals surface area contributed by atoms with E-state index in [1.807, 2.05) is 38.1 Å². The van der Waals surface area contributed by atoms with Crippen molar-refractivity contribution in [3.05, 3.63) is 29.8 Å². The second-order valence-corrected chi connectivity index (χ2v) is 5.00. The fourth-order valence-corrected chi connectivity index (χ4v) is 2.48. The Morgan fingerprint density at radius 2 is 1.81 bits per heavy atom. The van der Waals surface area contributed by atoms with Crippen LogP contribution < -0.4 is 4.74 Å². The summed E-state index contributed by atoms with van der Waals surface area (Å²) in [6.45, 7) is 3.98. The third-order valence-corrected chi connectivity index (χ3v) is 3.69. The summed E-state index contributed by atoms with van der Waals surface area (Å²) in [7, 11) is 1.60. The Hall–Kier alpha value is -1.51. The number of benzene rings is 1. The molecule has 1 N–H and O–H groups in total. The van der Waals surface area contributed by atoms with Crippen molar-refractivity contribution in [2.45, 2.75) is 25.7 Å². The summed E-state index contributed by atoms with van der Waals surface area (Å²) in [6.07, 6.45) is 0.696. The van der Waals surface area contributed by atoms with Crippen LogP contribution in [0.15, 0.2) is 24.3 Å². The number of carboxylic acids is 1. The molecule has 1 aliphatic rings. The Bertz CT molecular complexity index is 419. The van der Waals surface area contributed by atoms with E-state index in [2.05, 4.69) is 0 Å². The van der Waals surface area contributed by atoms with Gasteiger partial charge in [-0.25, -0.2) is 0 Å². The molecule has 2 rings (SSSR count). The van der Waals surface area contributed by atoms with Gasteiger partial charge in [-0.1, -0.05) is 26.0 Å². The third-order valence-electron chi connectivity index (χ3n) is 3.69. The summed E-state index contributed by atoms with van der Waals surface area (Å²) >= 11 is 0. The highest BCUT2D eigenvalue weighted by Gasteiger charge is 2.67. The standard InChI is InChI=1S/C13H16O3/c1-12(2)8-13(12,11(14)15)9-4-6-10(16-3)7-5-9/h4-7H,8H2,1-3H3,(H,14,15)/t13-/m1/s1. The van der Waals surface area contributed by atoms with Crippen LogP contribution in [0.25, 0.3) is 0 Å². The molecule has 0 unspecified atom stereocenters. The van der Waals surface area contributed by atoms with E-state index in [0.29, 0.717) is 6.42 Å². The van der Waals surface area contributed by atoms with Gasteiger partial charge < -0.3 is 9.84 Å². The minimum atomic E-state index is -0.734. The van der Waals surface area contributed by atoms with Crippen molar-refractivity contribution in [3.63, 3.8) is 0 Å². The van der Waals surface area contributed by atoms with Crippen LogP contribution in [-0.4, -0.2) is 18.2 Å². The summed E-state index contributed by atoms with van der Waals surface area (Å²) in [6, 6.07) is 7.33. The van der Waals surface area contributed by atoms with Crippen LogP contribution >= 0.6 is 0 Å². The zero-order valence-electron chi connectivity index (χ0n) is 9.78. The first-order chi connectivity index (χ1) is 7.44. The Kier molecular flexibility index (Phi) is 2.22. The molecule has 3 heteroatoms. The predicted octanol–water partition coefficient (Wildman–Crippen LogP) is 2.45. The highest BCUT2D eigenvalue weighted by Crippen LogP contribution is 2.64. The van der Waals surface area contributed by atoms with Gasteiger partial charge in [0.15, 0.2) is 0 Å². The molecule has 1 atom stereocenters. The zero-order chi connectivity index (χ0) is 12.0. The van der Waals surface area contributed by atoms with E-state index in [0.717, 1.165) is 11.3 Å². The zero-order valence-corrected chi connectivity index (χ0v) is 9.78. The second-order valence-electron chi connectivity index (χ2n) is 5.00. The third kappa shape index (κ3) is 1.31. The maximum atomic E-state index is 11.4. The molecule has 1 aromatic carbocycles. The highest BCUT2D eigenvalue weighted by molar-refractivity contribution is 5.87. The largest absolute Gasteiger partial charge is 0.497 e. The summed E-state index contributed by atoms with van der Waals surface area (Å²) < 4.78 is 5.07. The van der Waals surface area contributed by atoms with Crippen molar-refractivity contribution in [2.75, 3.05) is 7.11 Å². The van der Waals surface area contributed by atoms with E-state index in [1.165, 1.54) is 0 Å². The molecule has 16 heavy (non-hydrogen) atoms. The van der Waals surface area contributed by atoms with Gasteiger partial charge in [0.25, 0.3) is 0 Å². The van der Waals surface area contributed by atoms with Crippen LogP contribution in [0.2, 0.25) is 0 Å². The topological polar surface area (TPSA) is 46.5 Å². The van der Waals surface area contributed by atoms with Crippen LogP contribution in [0.1, 0.15) is 25.8 Å². The lowest BCUT2D eigenvalue weighted by atomic mass is 9.88. The number of carboxylic acid groups (broad SMARTS) is 1. The molecule has 0 saturated heterocycles. The number of rotatable bonds is 3. The number of carbonyl (C=O) groups is 1. The van der Waals surface area contributed by atoms with Crippen LogP contribution in [0.3, 0.4) is 0 Å². The molecule has 0 spiro atoms. The molecular weight excluding hydrogens is 204 g/mol.